The summed E-state index contributed by atoms with van der Waals surface area (Å²) < 4.78 is 16.3. The van der Waals surface area contributed by atoms with Gasteiger partial charge in [0, 0.05) is 23.2 Å². The molecule has 4 nitrogen and oxygen atoms in total. The van der Waals surface area contributed by atoms with Crippen LogP contribution in [-0.2, 0) is 11.3 Å². The smallest absolute Gasteiger partial charge is 0.189 e. The topological polar surface area (TPSA) is 53.7 Å². The Morgan fingerprint density at radius 1 is 1.39 bits per heavy atom. The van der Waals surface area contributed by atoms with Gasteiger partial charge >= 0.3 is 0 Å². The molecule has 0 aliphatic heterocycles. The summed E-state index contributed by atoms with van der Waals surface area (Å²) in [5.41, 5.74) is 6.48. The van der Waals surface area contributed by atoms with E-state index in [1.54, 1.807) is 19.2 Å². The maximum absolute atomic E-state index is 5.97. The molecule has 0 radical (unpaired) electrons. The third kappa shape index (κ3) is 3.51. The monoisotopic (exact) mass is 271 g/mol. The molecule has 0 heterocycles. The fourth-order valence-corrected chi connectivity index (χ4v) is 1.92. The third-order valence-corrected chi connectivity index (χ3v) is 3.09. The molecule has 18 heavy (non-hydrogen) atoms. The molecule has 0 spiro atoms. The highest BCUT2D eigenvalue weighted by Crippen LogP contribution is 2.34. The van der Waals surface area contributed by atoms with Crippen LogP contribution in [0.5, 0.6) is 11.5 Å². The van der Waals surface area contributed by atoms with Crippen LogP contribution >= 0.6 is 11.6 Å². The second kappa shape index (κ2) is 6.27. The lowest BCUT2D eigenvalue weighted by molar-refractivity contribution is 0.00814. The quantitative estimate of drug-likeness (QED) is 0.612. The van der Waals surface area contributed by atoms with E-state index in [-0.39, 0.29) is 6.79 Å². The van der Waals surface area contributed by atoms with Gasteiger partial charge in [-0.05, 0) is 24.8 Å². The van der Waals surface area contributed by atoms with E-state index in [0.29, 0.717) is 23.1 Å². The minimum absolute atomic E-state index is 0.210. The first-order valence-corrected chi connectivity index (χ1v) is 6.39. The Morgan fingerprint density at radius 2 is 2.17 bits per heavy atom. The predicted octanol–water partition coefficient (Wildman–Crippen LogP) is 2.57. The summed E-state index contributed by atoms with van der Waals surface area (Å²) in [5, 5.41) is 0.582. The Bertz CT molecular complexity index is 382. The lowest BCUT2D eigenvalue weighted by Gasteiger charge is -2.15. The number of rotatable bonds is 7. The minimum Gasteiger partial charge on any atom is -0.493 e. The van der Waals surface area contributed by atoms with Crippen molar-refractivity contribution < 1.29 is 14.2 Å². The molecule has 0 bridgehead atoms. The Balaban J connectivity index is 1.98. The molecular formula is C13H18ClNO3. The van der Waals surface area contributed by atoms with Crippen LogP contribution in [0.4, 0.5) is 0 Å². The zero-order valence-electron chi connectivity index (χ0n) is 10.4. The number of halogens is 1. The Morgan fingerprint density at radius 3 is 2.78 bits per heavy atom. The van der Waals surface area contributed by atoms with Crippen molar-refractivity contribution in [2.75, 3.05) is 20.5 Å². The number of hydrogen-bond donors (Lipinski definition) is 1. The van der Waals surface area contributed by atoms with E-state index < -0.39 is 0 Å². The van der Waals surface area contributed by atoms with E-state index in [1.165, 1.54) is 12.8 Å². The molecule has 1 saturated carbocycles. The van der Waals surface area contributed by atoms with Crippen molar-refractivity contribution >= 4 is 11.6 Å². The van der Waals surface area contributed by atoms with Crippen LogP contribution in [0.2, 0.25) is 5.02 Å². The lowest BCUT2D eigenvalue weighted by atomic mass is 10.2. The van der Waals surface area contributed by atoms with Gasteiger partial charge in [-0.3, -0.25) is 0 Å². The Hall–Kier alpha value is -0.970. The minimum atomic E-state index is 0.210. The van der Waals surface area contributed by atoms with E-state index in [1.807, 2.05) is 0 Å². The normalized spacial score (nSPS) is 14.6. The number of benzene rings is 1. The maximum Gasteiger partial charge on any atom is 0.189 e. The highest BCUT2D eigenvalue weighted by Gasteiger charge is 2.21. The first kappa shape index (κ1) is 13.5. The van der Waals surface area contributed by atoms with Gasteiger partial charge in [-0.15, -0.1) is 0 Å². The third-order valence-electron chi connectivity index (χ3n) is 2.87. The van der Waals surface area contributed by atoms with E-state index in [9.17, 15) is 0 Å². The summed E-state index contributed by atoms with van der Waals surface area (Å²) in [7, 11) is 1.57. The number of ether oxygens (including phenoxy) is 3. The van der Waals surface area contributed by atoms with E-state index in [4.69, 9.17) is 31.5 Å². The molecule has 2 N–H and O–H groups in total. The molecule has 0 aromatic heterocycles. The summed E-state index contributed by atoms with van der Waals surface area (Å²) in [4.78, 5) is 0. The Labute approximate surface area is 112 Å². The molecule has 2 rings (SSSR count). The average Bonchev–Trinajstić information content (AvgIpc) is 3.19. The predicted molar refractivity (Wildman–Crippen MR) is 70.1 cm³/mol. The molecule has 0 saturated heterocycles. The lowest BCUT2D eigenvalue weighted by Crippen LogP contribution is -2.09. The molecule has 1 aliphatic rings. The van der Waals surface area contributed by atoms with Gasteiger partial charge in [0.05, 0.1) is 13.7 Å². The summed E-state index contributed by atoms with van der Waals surface area (Å²) in [6, 6.07) is 3.48. The molecule has 0 unspecified atom stereocenters. The standard InChI is InChI=1S/C13H18ClNO3/c1-16-12-5-11(14)4-10(6-15)13(12)18-8-17-7-9-2-3-9/h4-5,9H,2-3,6-8,15H2,1H3. The van der Waals surface area contributed by atoms with Crippen molar-refractivity contribution in [2.45, 2.75) is 19.4 Å². The number of nitrogens with two attached hydrogens (primary N) is 1. The molecule has 1 aromatic rings. The van der Waals surface area contributed by atoms with Crippen LogP contribution in [-0.4, -0.2) is 20.5 Å². The van der Waals surface area contributed by atoms with Crippen LogP contribution in [0.25, 0.3) is 0 Å². The second-order valence-electron chi connectivity index (χ2n) is 4.38. The average molecular weight is 272 g/mol. The van der Waals surface area contributed by atoms with Crippen LogP contribution < -0.4 is 15.2 Å². The summed E-state index contributed by atoms with van der Waals surface area (Å²) in [5.74, 6) is 1.91. The van der Waals surface area contributed by atoms with Gasteiger partial charge < -0.3 is 19.9 Å². The zero-order valence-corrected chi connectivity index (χ0v) is 11.2. The van der Waals surface area contributed by atoms with Crippen molar-refractivity contribution in [3.63, 3.8) is 0 Å². The largest absolute Gasteiger partial charge is 0.493 e. The molecule has 1 fully saturated rings. The van der Waals surface area contributed by atoms with Crippen LogP contribution in [0.3, 0.4) is 0 Å². The first-order valence-electron chi connectivity index (χ1n) is 6.01. The summed E-state index contributed by atoms with van der Waals surface area (Å²) in [6.45, 7) is 1.31. The van der Waals surface area contributed by atoms with Crippen LogP contribution in [0, 0.1) is 5.92 Å². The number of hydrogen-bond acceptors (Lipinski definition) is 4. The maximum atomic E-state index is 5.97. The zero-order chi connectivity index (χ0) is 13.0. The van der Waals surface area contributed by atoms with Gasteiger partial charge in [0.15, 0.2) is 18.3 Å². The van der Waals surface area contributed by atoms with Gasteiger partial charge in [0.25, 0.3) is 0 Å². The summed E-state index contributed by atoms with van der Waals surface area (Å²) >= 11 is 5.97. The van der Waals surface area contributed by atoms with E-state index in [0.717, 1.165) is 18.1 Å². The van der Waals surface area contributed by atoms with Gasteiger partial charge in [0.2, 0.25) is 0 Å². The van der Waals surface area contributed by atoms with Crippen molar-refractivity contribution in [2.24, 2.45) is 11.7 Å². The van der Waals surface area contributed by atoms with Crippen molar-refractivity contribution in [1.82, 2.24) is 0 Å². The van der Waals surface area contributed by atoms with Crippen molar-refractivity contribution in [1.29, 1.82) is 0 Å². The molecule has 5 heteroatoms. The SMILES string of the molecule is COc1cc(Cl)cc(CN)c1OCOCC1CC1. The highest BCUT2D eigenvalue weighted by molar-refractivity contribution is 6.30. The molecule has 100 valence electrons. The molecule has 1 aromatic carbocycles. The van der Waals surface area contributed by atoms with E-state index in [2.05, 4.69) is 0 Å². The van der Waals surface area contributed by atoms with Gasteiger partial charge in [-0.25, -0.2) is 0 Å². The second-order valence-corrected chi connectivity index (χ2v) is 4.81. The van der Waals surface area contributed by atoms with Gasteiger partial charge in [-0.2, -0.15) is 0 Å². The first-order chi connectivity index (χ1) is 8.74. The number of methoxy groups -OCH3 is 1. The van der Waals surface area contributed by atoms with Gasteiger partial charge in [-0.1, -0.05) is 11.6 Å². The van der Waals surface area contributed by atoms with Crippen molar-refractivity contribution in [3.05, 3.63) is 22.7 Å². The molecule has 0 amide bonds. The van der Waals surface area contributed by atoms with Crippen LogP contribution in [0.1, 0.15) is 18.4 Å². The molecule has 1 aliphatic carbocycles. The molecule has 0 atom stereocenters. The Kier molecular flexibility index (Phi) is 4.69. The van der Waals surface area contributed by atoms with E-state index >= 15 is 0 Å². The summed E-state index contributed by atoms with van der Waals surface area (Å²) in [6.07, 6.45) is 2.52. The van der Waals surface area contributed by atoms with Crippen molar-refractivity contribution in [3.8, 4) is 11.5 Å². The van der Waals surface area contributed by atoms with Crippen LogP contribution in [0.15, 0.2) is 12.1 Å². The molecular weight excluding hydrogens is 254 g/mol. The van der Waals surface area contributed by atoms with Gasteiger partial charge in [0.1, 0.15) is 0 Å². The fraction of sp³-hybridized carbons (Fsp3) is 0.538. The highest BCUT2D eigenvalue weighted by atomic mass is 35.5. The fourth-order valence-electron chi connectivity index (χ4n) is 1.69.